The van der Waals surface area contributed by atoms with Crippen LogP contribution >= 0.6 is 0 Å². The molecule has 0 spiro atoms. The molecule has 2 aromatic rings. The van der Waals surface area contributed by atoms with Crippen molar-refractivity contribution in [3.63, 3.8) is 0 Å². The first-order valence-corrected chi connectivity index (χ1v) is 13.0. The number of amides is 2. The Hall–Kier alpha value is -3.96. The van der Waals surface area contributed by atoms with Gasteiger partial charge in [0, 0.05) is 43.6 Å². The summed E-state index contributed by atoms with van der Waals surface area (Å²) in [6.45, 7) is 8.14. The summed E-state index contributed by atoms with van der Waals surface area (Å²) in [6, 6.07) is 7.79. The summed E-state index contributed by atoms with van der Waals surface area (Å²) in [5, 5.41) is 9.65. The number of anilines is 4. The molecule has 1 aromatic heterocycles. The number of ether oxygens (including phenoxy) is 1. The van der Waals surface area contributed by atoms with Gasteiger partial charge < -0.3 is 30.9 Å². The molecule has 1 saturated heterocycles. The molecule has 2 amide bonds. The fourth-order valence-electron chi connectivity index (χ4n) is 4.63. The minimum Gasteiger partial charge on any atom is -0.444 e. The fraction of sp³-hybridized carbons (Fsp3) is 0.538. The first-order valence-electron chi connectivity index (χ1n) is 13.0. The lowest BCUT2D eigenvalue weighted by Gasteiger charge is -2.36. The monoisotopic (exact) mass is 524 g/mol. The second-order valence-corrected chi connectivity index (χ2v) is 10.7. The van der Waals surface area contributed by atoms with E-state index in [4.69, 9.17) is 10.5 Å². The van der Waals surface area contributed by atoms with Crippen LogP contribution in [0.4, 0.5) is 27.8 Å². The van der Waals surface area contributed by atoms with Crippen LogP contribution in [0.25, 0.3) is 0 Å². The number of nitrogens with zero attached hydrogens (tertiary/aromatic N) is 5. The number of carbonyl (C=O) groups is 2. The van der Waals surface area contributed by atoms with Crippen molar-refractivity contribution in [2.24, 2.45) is 10.9 Å². The second-order valence-electron chi connectivity index (χ2n) is 10.7. The summed E-state index contributed by atoms with van der Waals surface area (Å²) >= 11 is 0. The highest BCUT2D eigenvalue weighted by atomic mass is 16.6. The Balaban J connectivity index is 1.37. The maximum absolute atomic E-state index is 12.3. The van der Waals surface area contributed by atoms with Crippen molar-refractivity contribution in [3.8, 4) is 0 Å². The van der Waals surface area contributed by atoms with E-state index in [0.29, 0.717) is 32.0 Å². The zero-order chi connectivity index (χ0) is 27.3. The van der Waals surface area contributed by atoms with Crippen LogP contribution in [0.2, 0.25) is 0 Å². The molecule has 12 nitrogen and oxygen atoms in total. The number of hydrogen-bond donors (Lipinski definition) is 3. The van der Waals surface area contributed by atoms with Gasteiger partial charge >= 0.3 is 6.09 Å². The standard InChI is InChI=1S/C26H36N8O4/c1-26(2,3)38-25(36)34-14-12-33(13-15-34)20-10-8-18(9-11-20)30-24-22(23(27)35)28-16-21(31-24)29-17-4-6-19(32-37)7-5-17/h8-11,16-17,19H,4-7,12-15H2,1-3H3,(H2,27,35)(H2,29,30,31). The molecule has 2 heterocycles. The maximum Gasteiger partial charge on any atom is 0.410 e. The van der Waals surface area contributed by atoms with Gasteiger partial charge in [-0.1, -0.05) is 5.18 Å². The molecule has 2 fully saturated rings. The molecule has 1 aliphatic carbocycles. The number of rotatable bonds is 7. The van der Waals surface area contributed by atoms with Crippen LogP contribution in [0.1, 0.15) is 56.9 Å². The Morgan fingerprint density at radius 2 is 1.71 bits per heavy atom. The maximum atomic E-state index is 12.3. The van der Waals surface area contributed by atoms with Gasteiger partial charge in [0.25, 0.3) is 5.91 Å². The highest BCUT2D eigenvalue weighted by Crippen LogP contribution is 2.26. The Morgan fingerprint density at radius 1 is 1.05 bits per heavy atom. The van der Waals surface area contributed by atoms with E-state index >= 15 is 0 Å². The van der Waals surface area contributed by atoms with Gasteiger partial charge in [0.15, 0.2) is 11.5 Å². The Bertz CT molecular complexity index is 1130. The average Bonchev–Trinajstić information content (AvgIpc) is 2.89. The summed E-state index contributed by atoms with van der Waals surface area (Å²) < 4.78 is 5.47. The number of primary amides is 1. The van der Waals surface area contributed by atoms with Gasteiger partial charge in [0.2, 0.25) is 0 Å². The number of aromatic nitrogens is 2. The third-order valence-electron chi connectivity index (χ3n) is 6.63. The van der Waals surface area contributed by atoms with Crippen LogP contribution in [0.3, 0.4) is 0 Å². The van der Waals surface area contributed by atoms with Gasteiger partial charge in [-0.2, -0.15) is 4.91 Å². The van der Waals surface area contributed by atoms with Gasteiger partial charge in [0.1, 0.15) is 11.4 Å². The van der Waals surface area contributed by atoms with Gasteiger partial charge in [-0.25, -0.2) is 14.8 Å². The number of nitrogens with two attached hydrogens (primary N) is 1. The van der Waals surface area contributed by atoms with Crippen LogP contribution < -0.4 is 21.3 Å². The molecule has 204 valence electrons. The average molecular weight is 525 g/mol. The molecular weight excluding hydrogens is 488 g/mol. The smallest absolute Gasteiger partial charge is 0.410 e. The zero-order valence-electron chi connectivity index (χ0n) is 22.1. The summed E-state index contributed by atoms with van der Waals surface area (Å²) in [6.07, 6.45) is 4.31. The van der Waals surface area contributed by atoms with Gasteiger partial charge in [0.05, 0.1) is 12.2 Å². The number of piperazine rings is 1. The molecule has 1 aromatic carbocycles. The molecule has 0 unspecified atom stereocenters. The minimum absolute atomic E-state index is 0.0479. The lowest BCUT2D eigenvalue weighted by molar-refractivity contribution is 0.0240. The summed E-state index contributed by atoms with van der Waals surface area (Å²) in [5.41, 5.74) is 6.82. The predicted octanol–water partition coefficient (Wildman–Crippen LogP) is 3.87. The number of carbonyl (C=O) groups excluding carboxylic acids is 2. The topological polar surface area (TPSA) is 155 Å². The molecule has 12 heteroatoms. The molecular formula is C26H36N8O4. The Morgan fingerprint density at radius 3 is 2.29 bits per heavy atom. The lowest BCUT2D eigenvalue weighted by atomic mass is 9.92. The first-order chi connectivity index (χ1) is 18.1. The van der Waals surface area contributed by atoms with Crippen LogP contribution in [-0.4, -0.2) is 70.7 Å². The minimum atomic E-state index is -0.677. The van der Waals surface area contributed by atoms with Crippen LogP contribution in [-0.2, 0) is 4.74 Å². The largest absolute Gasteiger partial charge is 0.444 e. The number of nitroso groups, excluding NO2 is 1. The van der Waals surface area contributed by atoms with Gasteiger partial charge in [-0.15, -0.1) is 0 Å². The molecule has 38 heavy (non-hydrogen) atoms. The van der Waals surface area contributed by atoms with E-state index in [9.17, 15) is 14.5 Å². The number of hydrogen-bond acceptors (Lipinski definition) is 10. The van der Waals surface area contributed by atoms with Gasteiger partial charge in [-0.05, 0) is 70.7 Å². The van der Waals surface area contributed by atoms with Crippen molar-refractivity contribution in [1.82, 2.24) is 14.9 Å². The molecule has 4 N–H and O–H groups in total. The molecule has 4 rings (SSSR count). The number of benzene rings is 1. The van der Waals surface area contributed by atoms with Gasteiger partial charge in [-0.3, -0.25) is 4.79 Å². The van der Waals surface area contributed by atoms with Crippen LogP contribution in [0, 0.1) is 4.91 Å². The zero-order valence-corrected chi connectivity index (χ0v) is 22.1. The SMILES string of the molecule is CC(C)(C)OC(=O)N1CCN(c2ccc(Nc3nc(NC4CCC(N=O)CC4)cnc3C(N)=O)cc2)CC1. The lowest BCUT2D eigenvalue weighted by Crippen LogP contribution is -2.50. The molecule has 0 bridgehead atoms. The number of nitrogens with one attached hydrogen (secondary N) is 2. The molecule has 0 radical (unpaired) electrons. The normalized spacial score (nSPS) is 20.0. The van der Waals surface area contributed by atoms with E-state index in [1.165, 1.54) is 6.20 Å². The van der Waals surface area contributed by atoms with Crippen molar-refractivity contribution in [2.75, 3.05) is 41.7 Å². The molecule has 2 aliphatic rings. The second kappa shape index (κ2) is 11.6. The molecule has 1 saturated carbocycles. The first kappa shape index (κ1) is 27.1. The van der Waals surface area contributed by atoms with Crippen molar-refractivity contribution < 1.29 is 14.3 Å². The Labute approximate surface area is 222 Å². The van der Waals surface area contributed by atoms with E-state index in [0.717, 1.165) is 37.1 Å². The van der Waals surface area contributed by atoms with Crippen LogP contribution in [0.5, 0.6) is 0 Å². The third-order valence-corrected chi connectivity index (χ3v) is 6.63. The fourth-order valence-corrected chi connectivity index (χ4v) is 4.63. The molecule has 0 atom stereocenters. The van der Waals surface area contributed by atoms with Crippen molar-refractivity contribution in [3.05, 3.63) is 41.1 Å². The van der Waals surface area contributed by atoms with E-state index in [1.54, 1.807) is 4.90 Å². The van der Waals surface area contributed by atoms with Crippen molar-refractivity contribution in [1.29, 1.82) is 0 Å². The Kier molecular flexibility index (Phi) is 8.28. The van der Waals surface area contributed by atoms with Crippen LogP contribution in [0.15, 0.2) is 35.6 Å². The van der Waals surface area contributed by atoms with E-state index in [-0.39, 0.29) is 29.7 Å². The summed E-state index contributed by atoms with van der Waals surface area (Å²) in [4.78, 5) is 47.8. The van der Waals surface area contributed by atoms with E-state index in [2.05, 4.69) is 30.7 Å². The van der Waals surface area contributed by atoms with E-state index < -0.39 is 11.5 Å². The predicted molar refractivity (Wildman–Crippen MR) is 146 cm³/mol. The van der Waals surface area contributed by atoms with E-state index in [1.807, 2.05) is 45.0 Å². The highest BCUT2D eigenvalue weighted by molar-refractivity contribution is 5.96. The van der Waals surface area contributed by atoms with Crippen molar-refractivity contribution in [2.45, 2.75) is 64.1 Å². The molecule has 1 aliphatic heterocycles. The van der Waals surface area contributed by atoms with Crippen molar-refractivity contribution >= 4 is 35.0 Å². The third kappa shape index (κ3) is 7.08. The summed E-state index contributed by atoms with van der Waals surface area (Å²) in [5.74, 6) is 0.118. The highest BCUT2D eigenvalue weighted by Gasteiger charge is 2.26. The summed E-state index contributed by atoms with van der Waals surface area (Å²) in [7, 11) is 0. The quantitative estimate of drug-likeness (QED) is 0.458.